The molecule has 0 atom stereocenters. The molecule has 0 saturated carbocycles. The van der Waals surface area contributed by atoms with Gasteiger partial charge in [-0.2, -0.15) is 5.10 Å². The number of aromatic nitrogens is 4. The monoisotopic (exact) mass is 326 g/mol. The molecule has 0 radical (unpaired) electrons. The van der Waals surface area contributed by atoms with E-state index < -0.39 is 5.97 Å². The first-order valence-electron chi connectivity index (χ1n) is 7.17. The number of hydrogen-bond acceptors (Lipinski definition) is 6. The molecule has 0 spiro atoms. The summed E-state index contributed by atoms with van der Waals surface area (Å²) in [5.41, 5.74) is 0.699. The summed E-state index contributed by atoms with van der Waals surface area (Å²) in [7, 11) is 0. The van der Waals surface area contributed by atoms with Gasteiger partial charge in [-0.25, -0.2) is 9.97 Å². The average molecular weight is 326 g/mol. The van der Waals surface area contributed by atoms with Crippen molar-refractivity contribution in [3.63, 3.8) is 0 Å². The normalized spacial score (nSPS) is 10.7. The van der Waals surface area contributed by atoms with E-state index in [-0.39, 0.29) is 24.6 Å². The van der Waals surface area contributed by atoms with Gasteiger partial charge in [0, 0.05) is 19.3 Å². The van der Waals surface area contributed by atoms with E-state index in [1.807, 2.05) is 0 Å². The van der Waals surface area contributed by atoms with Crippen LogP contribution in [0.1, 0.15) is 23.2 Å². The SMILES string of the molecule is CC(=O)c1nn(CC(=O)O)c2cccc(OCc3ncccn3)c12. The average Bonchev–Trinajstić information content (AvgIpc) is 2.93. The van der Waals surface area contributed by atoms with Gasteiger partial charge in [0.25, 0.3) is 0 Å². The minimum atomic E-state index is -1.04. The van der Waals surface area contributed by atoms with Gasteiger partial charge in [0.2, 0.25) is 0 Å². The van der Waals surface area contributed by atoms with Crippen LogP contribution in [-0.4, -0.2) is 36.6 Å². The van der Waals surface area contributed by atoms with Crippen LogP contribution in [0.15, 0.2) is 36.7 Å². The number of fused-ring (bicyclic) bond motifs is 1. The maximum atomic E-state index is 11.9. The Hall–Kier alpha value is -3.29. The lowest BCUT2D eigenvalue weighted by Crippen LogP contribution is -2.10. The Kier molecular flexibility index (Phi) is 4.19. The molecule has 0 fully saturated rings. The van der Waals surface area contributed by atoms with Gasteiger partial charge in [0.1, 0.15) is 24.6 Å². The van der Waals surface area contributed by atoms with E-state index in [0.717, 1.165) is 0 Å². The highest BCUT2D eigenvalue weighted by Gasteiger charge is 2.19. The molecule has 0 saturated heterocycles. The number of aliphatic carboxylic acids is 1. The third-order valence-corrected chi connectivity index (χ3v) is 3.33. The topological polar surface area (TPSA) is 107 Å². The molecular weight excluding hydrogens is 312 g/mol. The molecule has 0 aliphatic carbocycles. The van der Waals surface area contributed by atoms with Crippen LogP contribution >= 0.6 is 0 Å². The Morgan fingerprint density at radius 1 is 1.21 bits per heavy atom. The van der Waals surface area contributed by atoms with Gasteiger partial charge >= 0.3 is 5.97 Å². The Morgan fingerprint density at radius 2 is 1.96 bits per heavy atom. The van der Waals surface area contributed by atoms with E-state index in [2.05, 4.69) is 15.1 Å². The molecule has 122 valence electrons. The number of Topliss-reactive ketones (excluding diaryl/α,β-unsaturated/α-hetero) is 1. The van der Waals surface area contributed by atoms with Crippen LogP contribution in [0.25, 0.3) is 10.9 Å². The first-order chi connectivity index (χ1) is 11.6. The standard InChI is InChI=1S/C16H14N4O4/c1-10(21)16-15-11(20(19-16)8-14(22)23)4-2-5-12(15)24-9-13-17-6-3-7-18-13/h2-7H,8-9H2,1H3,(H,22,23). The molecule has 0 bridgehead atoms. The largest absolute Gasteiger partial charge is 0.485 e. The van der Waals surface area contributed by atoms with E-state index in [1.54, 1.807) is 36.7 Å². The number of hydrogen-bond donors (Lipinski definition) is 1. The van der Waals surface area contributed by atoms with Crippen LogP contribution in [0.5, 0.6) is 5.75 Å². The highest BCUT2D eigenvalue weighted by molar-refractivity contribution is 6.07. The molecule has 0 unspecified atom stereocenters. The van der Waals surface area contributed by atoms with Crippen molar-refractivity contribution in [1.82, 2.24) is 19.7 Å². The number of carbonyl (C=O) groups is 2. The van der Waals surface area contributed by atoms with Crippen molar-refractivity contribution in [2.24, 2.45) is 0 Å². The molecule has 8 nitrogen and oxygen atoms in total. The maximum Gasteiger partial charge on any atom is 0.325 e. The van der Waals surface area contributed by atoms with Crippen molar-refractivity contribution >= 4 is 22.7 Å². The number of ketones is 1. The fraction of sp³-hybridized carbons (Fsp3) is 0.188. The Labute approximate surface area is 136 Å². The lowest BCUT2D eigenvalue weighted by molar-refractivity contribution is -0.137. The molecule has 3 rings (SSSR count). The number of nitrogens with zero attached hydrogens (tertiary/aromatic N) is 4. The zero-order valence-corrected chi connectivity index (χ0v) is 12.8. The van der Waals surface area contributed by atoms with Crippen LogP contribution in [0, 0.1) is 0 Å². The molecule has 0 aliphatic heterocycles. The first kappa shape index (κ1) is 15.6. The number of rotatable bonds is 6. The van der Waals surface area contributed by atoms with Crippen molar-refractivity contribution in [3.8, 4) is 5.75 Å². The smallest absolute Gasteiger partial charge is 0.325 e. The van der Waals surface area contributed by atoms with Crippen LogP contribution in [0.4, 0.5) is 0 Å². The van der Waals surface area contributed by atoms with Gasteiger partial charge in [-0.15, -0.1) is 0 Å². The Balaban J connectivity index is 2.03. The van der Waals surface area contributed by atoms with Crippen molar-refractivity contribution in [2.45, 2.75) is 20.1 Å². The summed E-state index contributed by atoms with van der Waals surface area (Å²) in [4.78, 5) is 31.0. The van der Waals surface area contributed by atoms with Gasteiger partial charge in [-0.3, -0.25) is 14.3 Å². The highest BCUT2D eigenvalue weighted by atomic mass is 16.5. The molecule has 0 aliphatic rings. The van der Waals surface area contributed by atoms with Gasteiger partial charge < -0.3 is 9.84 Å². The van der Waals surface area contributed by atoms with Crippen LogP contribution in [0.3, 0.4) is 0 Å². The highest BCUT2D eigenvalue weighted by Crippen LogP contribution is 2.29. The van der Waals surface area contributed by atoms with Gasteiger partial charge in [-0.1, -0.05) is 6.07 Å². The molecule has 24 heavy (non-hydrogen) atoms. The van der Waals surface area contributed by atoms with Crippen molar-refractivity contribution in [3.05, 3.63) is 48.2 Å². The van der Waals surface area contributed by atoms with Crippen molar-refractivity contribution < 1.29 is 19.4 Å². The number of carboxylic acids is 1. The summed E-state index contributed by atoms with van der Waals surface area (Å²) in [5, 5.41) is 13.6. The van der Waals surface area contributed by atoms with Crippen LogP contribution in [0.2, 0.25) is 0 Å². The van der Waals surface area contributed by atoms with E-state index in [4.69, 9.17) is 9.84 Å². The van der Waals surface area contributed by atoms with Gasteiger partial charge in [-0.05, 0) is 18.2 Å². The maximum absolute atomic E-state index is 11.9. The second-order valence-corrected chi connectivity index (χ2v) is 5.06. The first-order valence-corrected chi connectivity index (χ1v) is 7.17. The third kappa shape index (κ3) is 3.07. The second-order valence-electron chi connectivity index (χ2n) is 5.06. The van der Waals surface area contributed by atoms with E-state index >= 15 is 0 Å². The predicted molar refractivity (Wildman–Crippen MR) is 83.7 cm³/mol. The summed E-state index contributed by atoms with van der Waals surface area (Å²) in [6, 6.07) is 6.82. The molecule has 1 N–H and O–H groups in total. The molecule has 8 heteroatoms. The van der Waals surface area contributed by atoms with Gasteiger partial charge in [0.15, 0.2) is 11.6 Å². The summed E-state index contributed by atoms with van der Waals surface area (Å²) < 4.78 is 7.01. The van der Waals surface area contributed by atoms with Crippen molar-refractivity contribution in [1.29, 1.82) is 0 Å². The van der Waals surface area contributed by atoms with Crippen LogP contribution in [-0.2, 0) is 17.9 Å². The zero-order valence-electron chi connectivity index (χ0n) is 12.8. The molecule has 1 aromatic carbocycles. The molecule has 2 heterocycles. The molecular formula is C16H14N4O4. The lowest BCUT2D eigenvalue weighted by atomic mass is 10.1. The minimum absolute atomic E-state index is 0.126. The summed E-state index contributed by atoms with van der Waals surface area (Å²) in [6.45, 7) is 1.17. The molecule has 0 amide bonds. The fourth-order valence-electron chi connectivity index (χ4n) is 2.36. The van der Waals surface area contributed by atoms with Crippen molar-refractivity contribution in [2.75, 3.05) is 0 Å². The predicted octanol–water partition coefficient (Wildman–Crippen LogP) is 1.69. The summed E-state index contributed by atoms with van der Waals surface area (Å²) in [6.07, 6.45) is 3.22. The number of benzene rings is 1. The van der Waals surface area contributed by atoms with Crippen LogP contribution < -0.4 is 4.74 Å². The van der Waals surface area contributed by atoms with E-state index in [0.29, 0.717) is 22.5 Å². The summed E-state index contributed by atoms with van der Waals surface area (Å²) in [5.74, 6) is -0.381. The second kappa shape index (κ2) is 6.45. The number of carboxylic acid groups (broad SMARTS) is 1. The third-order valence-electron chi connectivity index (χ3n) is 3.33. The Morgan fingerprint density at radius 3 is 2.62 bits per heavy atom. The minimum Gasteiger partial charge on any atom is -0.485 e. The Bertz CT molecular complexity index is 905. The zero-order chi connectivity index (χ0) is 17.1. The fourth-order valence-corrected chi connectivity index (χ4v) is 2.36. The molecule has 2 aromatic heterocycles. The van der Waals surface area contributed by atoms with Gasteiger partial charge in [0.05, 0.1) is 10.9 Å². The van der Waals surface area contributed by atoms with E-state index in [1.165, 1.54) is 11.6 Å². The number of carbonyl (C=O) groups excluding carboxylic acids is 1. The van der Waals surface area contributed by atoms with E-state index in [9.17, 15) is 9.59 Å². The lowest BCUT2D eigenvalue weighted by Gasteiger charge is -2.07. The summed E-state index contributed by atoms with van der Waals surface area (Å²) >= 11 is 0. The molecule has 3 aromatic rings. The quantitative estimate of drug-likeness (QED) is 0.687. The number of ether oxygens (including phenoxy) is 1.